The first-order valence-corrected chi connectivity index (χ1v) is 12.2. The molecule has 0 radical (unpaired) electrons. The number of aliphatic hydroxyl groups excluding tert-OH is 1. The summed E-state index contributed by atoms with van der Waals surface area (Å²) in [7, 11) is 1.68. The zero-order valence-electron chi connectivity index (χ0n) is 18.9. The number of likely N-dealkylation sites (N-methyl/N-ethyl adjacent to an activating group) is 1. The Labute approximate surface area is 198 Å². The molecule has 6 atom stereocenters. The maximum atomic E-state index is 13.8. The summed E-state index contributed by atoms with van der Waals surface area (Å²) in [5.41, 5.74) is -1.09. The fraction of sp³-hybridized carbons (Fsp3) is 0.696. The van der Waals surface area contributed by atoms with Gasteiger partial charge < -0.3 is 24.5 Å². The van der Waals surface area contributed by atoms with Crippen LogP contribution in [0.25, 0.3) is 0 Å². The fourth-order valence-corrected chi connectivity index (χ4v) is 6.49. The Morgan fingerprint density at radius 2 is 2.00 bits per heavy atom. The van der Waals surface area contributed by atoms with Crippen LogP contribution in [0.2, 0.25) is 0 Å². The zero-order valence-corrected chi connectivity index (χ0v) is 20.5. The summed E-state index contributed by atoms with van der Waals surface area (Å²) < 4.78 is 6.43. The van der Waals surface area contributed by atoms with Gasteiger partial charge >= 0.3 is 0 Å². The number of unbranched alkanes of at least 4 members (excludes halogenated alkanes) is 1. The molecule has 0 aliphatic carbocycles. The summed E-state index contributed by atoms with van der Waals surface area (Å²) in [6.45, 7) is 10.5. The number of likely N-dealkylation sites (tertiary alicyclic amines) is 1. The zero-order chi connectivity index (χ0) is 23.6. The number of aliphatic hydroxyl groups is 1. The van der Waals surface area contributed by atoms with Crippen molar-refractivity contribution in [2.45, 2.75) is 48.8 Å². The molecule has 1 N–H and O–H groups in total. The van der Waals surface area contributed by atoms with E-state index in [1.807, 2.05) is 0 Å². The van der Waals surface area contributed by atoms with Crippen LogP contribution in [-0.2, 0) is 19.1 Å². The number of carbonyl (C=O) groups is 3. The van der Waals surface area contributed by atoms with Crippen LogP contribution < -0.4 is 0 Å². The minimum Gasteiger partial charge on any atom is -0.395 e. The van der Waals surface area contributed by atoms with Crippen molar-refractivity contribution in [1.82, 2.24) is 14.7 Å². The minimum absolute atomic E-state index is 0.0214. The van der Waals surface area contributed by atoms with Gasteiger partial charge in [0.2, 0.25) is 17.7 Å². The van der Waals surface area contributed by atoms with Crippen LogP contribution in [-0.4, -0.2) is 99.9 Å². The van der Waals surface area contributed by atoms with Crippen LogP contribution in [0.3, 0.4) is 0 Å². The second kappa shape index (κ2) is 10.1. The molecular weight excluding hydrogens is 478 g/mol. The van der Waals surface area contributed by atoms with E-state index in [1.165, 1.54) is 4.90 Å². The smallest absolute Gasteiger partial charge is 0.248 e. The molecule has 3 amide bonds. The molecule has 3 saturated heterocycles. The van der Waals surface area contributed by atoms with Crippen LogP contribution in [0.5, 0.6) is 0 Å². The summed E-state index contributed by atoms with van der Waals surface area (Å²) >= 11 is 3.65. The lowest BCUT2D eigenvalue weighted by atomic mass is 9.70. The third-order valence-electron chi connectivity index (χ3n) is 6.87. The van der Waals surface area contributed by atoms with E-state index in [9.17, 15) is 19.5 Å². The number of hydrogen-bond donors (Lipinski definition) is 1. The standard InChI is InChI=1S/C23H34BrN3O5/c1-5-8-11-26(10-7-3)22(31)19-23-14-15(24)18(32-23)16(20(29)25(4)9-6-2)17(23)21(30)27(19)12-13-28/h6-7,15-19,28H,2-3,5,8-14H2,1,4H3/t15?,16-,17+,18-,19?,23?/m1/s1. The molecule has 3 aliphatic rings. The maximum Gasteiger partial charge on any atom is 0.248 e. The van der Waals surface area contributed by atoms with Gasteiger partial charge in [0.05, 0.1) is 24.5 Å². The first-order valence-electron chi connectivity index (χ1n) is 11.3. The third kappa shape index (κ3) is 3.92. The summed E-state index contributed by atoms with van der Waals surface area (Å²) in [6, 6.07) is -0.878. The van der Waals surface area contributed by atoms with Crippen LogP contribution in [0.1, 0.15) is 26.2 Å². The van der Waals surface area contributed by atoms with Gasteiger partial charge in [-0.15, -0.1) is 13.2 Å². The average molecular weight is 512 g/mol. The van der Waals surface area contributed by atoms with E-state index < -0.39 is 29.6 Å². The van der Waals surface area contributed by atoms with Gasteiger partial charge in [0.25, 0.3) is 0 Å². The monoisotopic (exact) mass is 511 g/mol. The molecule has 3 aliphatic heterocycles. The van der Waals surface area contributed by atoms with Crippen LogP contribution in [0.4, 0.5) is 0 Å². The normalized spacial score (nSPS) is 32.7. The van der Waals surface area contributed by atoms with Gasteiger partial charge in [0.15, 0.2) is 0 Å². The van der Waals surface area contributed by atoms with Crippen molar-refractivity contribution < 1.29 is 24.2 Å². The van der Waals surface area contributed by atoms with E-state index in [-0.39, 0.29) is 35.7 Å². The molecule has 3 rings (SSSR count). The topological polar surface area (TPSA) is 90.4 Å². The second-order valence-corrected chi connectivity index (χ2v) is 10.0. The van der Waals surface area contributed by atoms with E-state index in [1.54, 1.807) is 29.0 Å². The number of rotatable bonds is 11. The molecule has 0 aromatic carbocycles. The van der Waals surface area contributed by atoms with Gasteiger partial charge in [-0.25, -0.2) is 0 Å². The van der Waals surface area contributed by atoms with E-state index in [0.717, 1.165) is 12.8 Å². The van der Waals surface area contributed by atoms with Gasteiger partial charge in [0, 0.05) is 38.1 Å². The molecule has 3 fully saturated rings. The van der Waals surface area contributed by atoms with Gasteiger partial charge in [-0.05, 0) is 12.8 Å². The van der Waals surface area contributed by atoms with Crippen molar-refractivity contribution in [3.63, 3.8) is 0 Å². The van der Waals surface area contributed by atoms with Crippen molar-refractivity contribution in [2.24, 2.45) is 11.8 Å². The first kappa shape index (κ1) is 24.9. The van der Waals surface area contributed by atoms with Crippen LogP contribution in [0, 0.1) is 11.8 Å². The summed E-state index contributed by atoms with van der Waals surface area (Å²) in [5.74, 6) is -2.13. The third-order valence-corrected chi connectivity index (χ3v) is 7.72. The molecule has 0 saturated carbocycles. The molecule has 1 spiro atoms. The Morgan fingerprint density at radius 3 is 2.59 bits per heavy atom. The fourth-order valence-electron chi connectivity index (χ4n) is 5.55. The molecular formula is C23H34BrN3O5. The molecule has 3 heterocycles. The predicted molar refractivity (Wildman–Crippen MR) is 124 cm³/mol. The molecule has 0 aromatic heterocycles. The highest BCUT2D eigenvalue weighted by Crippen LogP contribution is 2.60. The largest absolute Gasteiger partial charge is 0.395 e. The van der Waals surface area contributed by atoms with Crippen LogP contribution in [0.15, 0.2) is 25.3 Å². The molecule has 9 heteroatoms. The lowest BCUT2D eigenvalue weighted by molar-refractivity contribution is -0.148. The quantitative estimate of drug-likeness (QED) is 0.332. The van der Waals surface area contributed by atoms with Gasteiger partial charge in [-0.1, -0.05) is 41.4 Å². The number of carbonyl (C=O) groups excluding carboxylic acids is 3. The highest BCUT2D eigenvalue weighted by Gasteiger charge is 2.76. The van der Waals surface area contributed by atoms with E-state index in [4.69, 9.17) is 4.74 Å². The minimum atomic E-state index is -1.09. The molecule has 2 bridgehead atoms. The summed E-state index contributed by atoms with van der Waals surface area (Å²) in [6.07, 6.45) is 5.03. The number of nitrogens with zero attached hydrogens (tertiary/aromatic N) is 3. The number of alkyl halides is 1. The van der Waals surface area contributed by atoms with Crippen molar-refractivity contribution in [3.05, 3.63) is 25.3 Å². The summed E-state index contributed by atoms with van der Waals surface area (Å²) in [5, 5.41) is 9.67. The maximum absolute atomic E-state index is 13.8. The Morgan fingerprint density at radius 1 is 1.31 bits per heavy atom. The SMILES string of the molecule is C=CCN(C)C(=O)[C@H]1[C@@H]2OC3(CC2Br)C(C(=O)N(CC=C)CCCC)N(CCO)C(=O)[C@H]13. The van der Waals surface area contributed by atoms with E-state index in [0.29, 0.717) is 26.1 Å². The van der Waals surface area contributed by atoms with Crippen molar-refractivity contribution >= 4 is 33.7 Å². The molecule has 178 valence electrons. The average Bonchev–Trinajstić information content (AvgIpc) is 3.34. The first-order chi connectivity index (χ1) is 15.3. The number of hydrogen-bond acceptors (Lipinski definition) is 5. The van der Waals surface area contributed by atoms with E-state index >= 15 is 0 Å². The number of amides is 3. The summed E-state index contributed by atoms with van der Waals surface area (Å²) in [4.78, 5) is 45.3. The van der Waals surface area contributed by atoms with Gasteiger partial charge in [-0.2, -0.15) is 0 Å². The Hall–Kier alpha value is -1.71. The highest BCUT2D eigenvalue weighted by atomic mass is 79.9. The Bertz CT molecular complexity index is 777. The van der Waals surface area contributed by atoms with Crippen molar-refractivity contribution in [3.8, 4) is 0 Å². The van der Waals surface area contributed by atoms with Crippen molar-refractivity contribution in [2.75, 3.05) is 39.8 Å². The van der Waals surface area contributed by atoms with Crippen molar-refractivity contribution in [1.29, 1.82) is 0 Å². The lowest BCUT2D eigenvalue weighted by Gasteiger charge is -2.37. The Balaban J connectivity index is 2.02. The number of fused-ring (bicyclic) bond motifs is 1. The number of β-amino-alcohol motifs (C(OH)–C–C–N with tert-alkyl or cyclic N) is 1. The second-order valence-electron chi connectivity index (χ2n) is 8.85. The Kier molecular flexibility index (Phi) is 7.83. The molecule has 8 nitrogen and oxygen atoms in total. The van der Waals surface area contributed by atoms with E-state index in [2.05, 4.69) is 36.0 Å². The lowest BCUT2D eigenvalue weighted by Crippen LogP contribution is -2.57. The van der Waals surface area contributed by atoms with Crippen LogP contribution >= 0.6 is 15.9 Å². The number of ether oxygens (including phenoxy) is 1. The molecule has 3 unspecified atom stereocenters. The highest BCUT2D eigenvalue weighted by molar-refractivity contribution is 9.09. The molecule has 0 aromatic rings. The number of halogens is 1. The van der Waals surface area contributed by atoms with Gasteiger partial charge in [-0.3, -0.25) is 14.4 Å². The molecule has 32 heavy (non-hydrogen) atoms. The predicted octanol–water partition coefficient (Wildman–Crippen LogP) is 1.19. The van der Waals surface area contributed by atoms with Gasteiger partial charge in [0.1, 0.15) is 11.6 Å².